The van der Waals surface area contributed by atoms with E-state index in [0.717, 1.165) is 31.3 Å². The Morgan fingerprint density at radius 3 is 1.24 bits per heavy atom. The molecule has 2 N–H and O–H groups in total. The first kappa shape index (κ1) is 58.7. The van der Waals surface area contributed by atoms with Gasteiger partial charge in [-0.2, -0.15) is 36.5 Å². The molecule has 8 aromatic rings. The molecule has 2 saturated heterocycles. The number of aliphatic hydroxyl groups excluding tert-OH is 2. The lowest BCUT2D eigenvalue weighted by molar-refractivity contribution is -0.144. The number of ether oxygens (including phenoxy) is 2. The molecule has 22 heteroatoms. The van der Waals surface area contributed by atoms with Crippen molar-refractivity contribution in [1.29, 1.82) is 0 Å². The van der Waals surface area contributed by atoms with E-state index in [4.69, 9.17) is 9.47 Å². The fourth-order valence-electron chi connectivity index (χ4n) is 11.2. The maximum absolute atomic E-state index is 14.3. The predicted molar refractivity (Wildman–Crippen MR) is 296 cm³/mol. The molecule has 0 spiro atoms. The number of hydrogen-bond donors (Lipinski definition) is 2. The second-order valence-corrected chi connectivity index (χ2v) is 20.8. The first-order valence-corrected chi connectivity index (χ1v) is 26.7. The zero-order chi connectivity index (χ0) is 58.9. The fraction of sp³-hybridized carbons (Fsp3) is 0.367. The molecular formula is C60H64F6N10O6. The molecule has 0 bridgehead atoms. The van der Waals surface area contributed by atoms with Crippen LogP contribution in [-0.2, 0) is 12.4 Å². The van der Waals surface area contributed by atoms with Crippen molar-refractivity contribution >= 4 is 23.1 Å². The van der Waals surface area contributed by atoms with Crippen molar-refractivity contribution in [3.05, 3.63) is 165 Å². The monoisotopic (exact) mass is 1130 g/mol. The third-order valence-electron chi connectivity index (χ3n) is 15.4. The van der Waals surface area contributed by atoms with Crippen molar-refractivity contribution in [1.82, 2.24) is 48.8 Å². The van der Waals surface area contributed by atoms with Crippen molar-refractivity contribution in [2.24, 2.45) is 0 Å². The minimum absolute atomic E-state index is 0.00274. The predicted octanol–water partition coefficient (Wildman–Crippen LogP) is 9.84. The highest BCUT2D eigenvalue weighted by atomic mass is 19.4. The van der Waals surface area contributed by atoms with Crippen LogP contribution in [0.2, 0.25) is 0 Å². The Morgan fingerprint density at radius 1 is 0.573 bits per heavy atom. The number of nitrogens with zero attached hydrogens (tertiary/aromatic N) is 10. The van der Waals surface area contributed by atoms with Crippen molar-refractivity contribution in [2.75, 3.05) is 66.7 Å². The highest BCUT2D eigenvalue weighted by Crippen LogP contribution is 2.39. The van der Waals surface area contributed by atoms with E-state index in [-0.39, 0.29) is 82.3 Å². The fourth-order valence-corrected chi connectivity index (χ4v) is 11.2. The quantitative estimate of drug-likeness (QED) is 0.111. The van der Waals surface area contributed by atoms with Gasteiger partial charge in [0.15, 0.2) is 22.7 Å². The first-order chi connectivity index (χ1) is 39.1. The minimum Gasteiger partial charge on any atom is -0.497 e. The Morgan fingerprint density at radius 2 is 0.939 bits per heavy atom. The van der Waals surface area contributed by atoms with Gasteiger partial charge in [-0.15, -0.1) is 0 Å². The van der Waals surface area contributed by atoms with Crippen molar-refractivity contribution < 1.29 is 55.6 Å². The number of halogens is 6. The lowest BCUT2D eigenvalue weighted by Gasteiger charge is -2.43. The van der Waals surface area contributed by atoms with Gasteiger partial charge >= 0.3 is 12.4 Å². The molecule has 2 amide bonds. The summed E-state index contributed by atoms with van der Waals surface area (Å²) in [4.78, 5) is 44.2. The van der Waals surface area contributed by atoms with Crippen LogP contribution >= 0.6 is 0 Å². The number of amides is 2. The lowest BCUT2D eigenvalue weighted by atomic mass is 10.0. The number of carbonyl (C=O) groups excluding carboxylic acids is 2. The van der Waals surface area contributed by atoms with E-state index >= 15 is 0 Å². The number of carbonyl (C=O) groups is 2. The van der Waals surface area contributed by atoms with Gasteiger partial charge < -0.3 is 29.5 Å². The van der Waals surface area contributed by atoms with Gasteiger partial charge in [0.1, 0.15) is 22.6 Å². The van der Waals surface area contributed by atoms with E-state index in [1.54, 1.807) is 58.3 Å². The number of rotatable bonds is 12. The maximum atomic E-state index is 14.3. The summed E-state index contributed by atoms with van der Waals surface area (Å²) in [5.41, 5.74) is 2.88. The number of fused-ring (bicyclic) bond motifs is 2. The topological polar surface area (TPSA) is 166 Å². The van der Waals surface area contributed by atoms with E-state index in [1.165, 1.54) is 40.5 Å². The Hall–Kier alpha value is -7.92. The number of piperazine rings is 2. The molecule has 82 heavy (non-hydrogen) atoms. The van der Waals surface area contributed by atoms with Crippen LogP contribution in [-0.4, -0.2) is 150 Å². The number of aromatic nitrogens is 6. The summed E-state index contributed by atoms with van der Waals surface area (Å²) in [6.07, 6.45) is -7.13. The third-order valence-corrected chi connectivity index (χ3v) is 15.4. The van der Waals surface area contributed by atoms with E-state index in [1.807, 2.05) is 76.2 Å². The summed E-state index contributed by atoms with van der Waals surface area (Å²) in [5.74, 6) is 0.243. The van der Waals surface area contributed by atoms with Crippen LogP contribution in [0.4, 0.5) is 26.3 Å². The molecule has 432 valence electrons. The molecule has 16 nitrogen and oxygen atoms in total. The van der Waals surface area contributed by atoms with Crippen LogP contribution < -0.4 is 9.47 Å². The van der Waals surface area contributed by atoms with Gasteiger partial charge in [0, 0.05) is 73.6 Å². The summed E-state index contributed by atoms with van der Waals surface area (Å²) in [7, 11) is 3.01. The van der Waals surface area contributed by atoms with Gasteiger partial charge in [0.25, 0.3) is 11.8 Å². The van der Waals surface area contributed by atoms with Crippen molar-refractivity contribution in [3.8, 4) is 34.0 Å². The molecule has 10 rings (SSSR count). The van der Waals surface area contributed by atoms with Crippen LogP contribution in [0.25, 0.3) is 33.8 Å². The van der Waals surface area contributed by atoms with Gasteiger partial charge in [-0.1, -0.05) is 59.7 Å². The van der Waals surface area contributed by atoms with Crippen LogP contribution in [0.1, 0.15) is 91.4 Å². The normalized spacial score (nSPS) is 17.2. The van der Waals surface area contributed by atoms with Crippen LogP contribution in [0.15, 0.2) is 109 Å². The van der Waals surface area contributed by atoms with E-state index in [2.05, 4.69) is 30.0 Å². The Bertz CT molecular complexity index is 3370. The average Bonchev–Trinajstić information content (AvgIpc) is 4.13. The van der Waals surface area contributed by atoms with Crippen LogP contribution in [0, 0.1) is 27.7 Å². The molecule has 4 aromatic carbocycles. The number of benzene rings is 4. The first-order valence-electron chi connectivity index (χ1n) is 26.7. The smallest absolute Gasteiger partial charge is 0.433 e. The van der Waals surface area contributed by atoms with Crippen molar-refractivity contribution in [2.45, 2.75) is 78.1 Å². The second-order valence-electron chi connectivity index (χ2n) is 20.8. The van der Waals surface area contributed by atoms with Crippen LogP contribution in [0.3, 0.4) is 0 Å². The standard InChI is InChI=1S/2C30H32F3N5O3/c2*1-18-6-5-7-22(14-18)25(17-39)36-12-13-37(19(2)16-36)29(40)24-15-34-38-27(30(31,32)33)20(3)26(35-28(24)38)21-8-10-23(41-4)11-9-21/h2*5-11,14-15,19,25,39H,12-13,16-17H2,1-4H3/t19-,25+;19-,25-/m11/s1. The average molecular weight is 1140 g/mol. The Labute approximate surface area is 470 Å². The summed E-state index contributed by atoms with van der Waals surface area (Å²) in [6.45, 7) is 13.0. The zero-order valence-electron chi connectivity index (χ0n) is 46.6. The number of aliphatic hydroxyl groups is 2. The molecule has 0 radical (unpaired) electrons. The third kappa shape index (κ3) is 11.7. The molecule has 2 fully saturated rings. The maximum Gasteiger partial charge on any atom is 0.433 e. The Balaban J connectivity index is 0.000000198. The summed E-state index contributed by atoms with van der Waals surface area (Å²) >= 11 is 0. The van der Waals surface area contributed by atoms with E-state index in [9.17, 15) is 46.1 Å². The number of aryl methyl sites for hydroxylation is 2. The number of alkyl halides is 6. The van der Waals surface area contributed by atoms with E-state index < -0.39 is 35.6 Å². The molecule has 0 saturated carbocycles. The summed E-state index contributed by atoms with van der Waals surface area (Å²) < 4.78 is 97.6. The van der Waals surface area contributed by atoms with E-state index in [0.29, 0.717) is 61.9 Å². The molecule has 6 heterocycles. The number of methoxy groups -OCH3 is 2. The largest absolute Gasteiger partial charge is 0.497 e. The number of hydrogen-bond acceptors (Lipinski definition) is 12. The lowest BCUT2D eigenvalue weighted by Crippen LogP contribution is -2.55. The zero-order valence-corrected chi connectivity index (χ0v) is 46.6. The molecule has 0 aliphatic carbocycles. The van der Waals surface area contributed by atoms with Crippen molar-refractivity contribution in [3.63, 3.8) is 0 Å². The second kappa shape index (κ2) is 23.9. The summed E-state index contributed by atoms with van der Waals surface area (Å²) in [6, 6.07) is 28.1. The molecule has 2 aliphatic rings. The summed E-state index contributed by atoms with van der Waals surface area (Å²) in [5, 5.41) is 28.3. The van der Waals surface area contributed by atoms with Crippen LogP contribution in [0.5, 0.6) is 11.5 Å². The highest BCUT2D eigenvalue weighted by molar-refractivity contribution is 6.01. The molecular weight excluding hydrogens is 1070 g/mol. The SMILES string of the molecule is COc1ccc(-c2nc3c(C(=O)N4CCN([C@@H](CO)c5cccc(C)c5)C[C@H]4C)cnn3c(C(F)(F)F)c2C)cc1.COc1ccc(-c2nc3c(C(=O)N4CCN([C@H](CO)c5cccc(C)c5)C[C@H]4C)cnn3c(C(F)(F)F)c2C)cc1. The van der Waals surface area contributed by atoms with Gasteiger partial charge in [-0.3, -0.25) is 19.4 Å². The minimum atomic E-state index is -4.73. The molecule has 4 aromatic heterocycles. The molecule has 2 aliphatic heterocycles. The van der Waals surface area contributed by atoms with Gasteiger partial charge in [-0.25, -0.2) is 19.0 Å². The Kier molecular flexibility index (Phi) is 17.1. The highest BCUT2D eigenvalue weighted by Gasteiger charge is 2.42. The molecule has 0 unspecified atom stereocenters. The van der Waals surface area contributed by atoms with Gasteiger partial charge in [0.05, 0.1) is 63.3 Å². The molecule has 4 atom stereocenters. The van der Waals surface area contributed by atoms with Gasteiger partial charge in [-0.05, 0) is 101 Å². The van der Waals surface area contributed by atoms with Gasteiger partial charge in [0.2, 0.25) is 0 Å².